The zero-order valence-electron chi connectivity index (χ0n) is 7.95. The van der Waals surface area contributed by atoms with Crippen molar-refractivity contribution in [1.82, 2.24) is 4.90 Å². The summed E-state index contributed by atoms with van der Waals surface area (Å²) in [5, 5.41) is 0. The molecule has 0 bridgehead atoms. The van der Waals surface area contributed by atoms with Crippen molar-refractivity contribution < 1.29 is 0 Å². The van der Waals surface area contributed by atoms with Gasteiger partial charge in [-0.25, -0.2) is 0 Å². The van der Waals surface area contributed by atoms with E-state index in [2.05, 4.69) is 41.8 Å². The van der Waals surface area contributed by atoms with Gasteiger partial charge in [0.1, 0.15) is 0 Å². The van der Waals surface area contributed by atoms with Gasteiger partial charge in [0.15, 0.2) is 0 Å². The molecule has 0 spiro atoms. The molecule has 0 unspecified atom stereocenters. The number of benzene rings is 1. The van der Waals surface area contributed by atoms with Crippen molar-refractivity contribution in [1.29, 1.82) is 0 Å². The molecular formula is C12H16N. The molecule has 1 aliphatic rings. The Balaban J connectivity index is 1.90. The summed E-state index contributed by atoms with van der Waals surface area (Å²) in [4.78, 5) is 2.43. The Kier molecular flexibility index (Phi) is 2.98. The molecule has 0 atom stereocenters. The molecule has 1 heterocycles. The highest BCUT2D eigenvalue weighted by Gasteiger charge is 2.09. The summed E-state index contributed by atoms with van der Waals surface area (Å²) >= 11 is 0. The fraction of sp³-hybridized carbons (Fsp3) is 0.417. The Morgan fingerprint density at radius 3 is 2.62 bits per heavy atom. The van der Waals surface area contributed by atoms with E-state index in [-0.39, 0.29) is 0 Å². The third-order valence-corrected chi connectivity index (χ3v) is 2.52. The van der Waals surface area contributed by atoms with Crippen LogP contribution in [0.3, 0.4) is 0 Å². The summed E-state index contributed by atoms with van der Waals surface area (Å²) in [5.74, 6) is 0. The van der Waals surface area contributed by atoms with Gasteiger partial charge in [-0.3, -0.25) is 4.90 Å². The largest absolute Gasteiger partial charge is 0.295 e. The quantitative estimate of drug-likeness (QED) is 0.666. The lowest BCUT2D eigenvalue weighted by Crippen LogP contribution is -2.24. The number of piperidine rings is 1. The van der Waals surface area contributed by atoms with Crippen molar-refractivity contribution in [3.05, 3.63) is 42.4 Å². The number of nitrogens with zero attached hydrogens (tertiary/aromatic N) is 1. The van der Waals surface area contributed by atoms with E-state index in [4.69, 9.17) is 0 Å². The highest BCUT2D eigenvalue weighted by molar-refractivity contribution is 5.14. The summed E-state index contributed by atoms with van der Waals surface area (Å²) in [5.41, 5.74) is 1.42. The normalized spacial score (nSPS) is 18.8. The van der Waals surface area contributed by atoms with Gasteiger partial charge in [0.2, 0.25) is 0 Å². The summed E-state index contributed by atoms with van der Waals surface area (Å²) in [6.45, 7) is 4.66. The van der Waals surface area contributed by atoms with Gasteiger partial charge in [-0.15, -0.1) is 0 Å². The second kappa shape index (κ2) is 4.43. The van der Waals surface area contributed by atoms with Crippen LogP contribution in [-0.2, 0) is 6.54 Å². The first-order valence-corrected chi connectivity index (χ1v) is 5.06. The Labute approximate surface area is 80.4 Å². The maximum Gasteiger partial charge on any atom is 0.0255 e. The van der Waals surface area contributed by atoms with Crippen molar-refractivity contribution in [2.75, 3.05) is 6.54 Å². The lowest BCUT2D eigenvalue weighted by molar-refractivity contribution is 0.274. The summed E-state index contributed by atoms with van der Waals surface area (Å²) in [7, 11) is 0. The van der Waals surface area contributed by atoms with E-state index in [1.165, 1.54) is 31.4 Å². The standard InChI is InChI=1S/C12H16N/c1-3-7-12(8-4-1)11-13-9-5-2-6-10-13/h1,3-4,7-9H,2,5-6,10-11H2. The van der Waals surface area contributed by atoms with E-state index in [1.807, 2.05) is 0 Å². The third-order valence-electron chi connectivity index (χ3n) is 2.52. The van der Waals surface area contributed by atoms with Gasteiger partial charge in [0.25, 0.3) is 0 Å². The molecule has 1 aliphatic heterocycles. The Bertz CT molecular complexity index is 237. The van der Waals surface area contributed by atoms with E-state index >= 15 is 0 Å². The van der Waals surface area contributed by atoms with E-state index in [1.54, 1.807) is 0 Å². The molecule has 0 N–H and O–H groups in total. The highest BCUT2D eigenvalue weighted by atomic mass is 15.1. The lowest BCUT2D eigenvalue weighted by Gasteiger charge is -2.25. The maximum absolute atomic E-state index is 2.43. The first kappa shape index (κ1) is 8.76. The van der Waals surface area contributed by atoms with Crippen LogP contribution in [0.15, 0.2) is 30.3 Å². The Morgan fingerprint density at radius 2 is 1.92 bits per heavy atom. The molecule has 1 saturated heterocycles. The van der Waals surface area contributed by atoms with Gasteiger partial charge in [-0.1, -0.05) is 36.8 Å². The average Bonchev–Trinajstić information content (AvgIpc) is 2.21. The minimum Gasteiger partial charge on any atom is -0.295 e. The van der Waals surface area contributed by atoms with Crippen LogP contribution < -0.4 is 0 Å². The Morgan fingerprint density at radius 1 is 1.08 bits per heavy atom. The smallest absolute Gasteiger partial charge is 0.0255 e. The van der Waals surface area contributed by atoms with Crippen molar-refractivity contribution >= 4 is 0 Å². The molecule has 69 valence electrons. The van der Waals surface area contributed by atoms with Crippen molar-refractivity contribution in [2.24, 2.45) is 0 Å². The van der Waals surface area contributed by atoms with Crippen molar-refractivity contribution in [3.63, 3.8) is 0 Å². The first-order valence-electron chi connectivity index (χ1n) is 5.06. The van der Waals surface area contributed by atoms with Gasteiger partial charge in [0.05, 0.1) is 0 Å². The van der Waals surface area contributed by atoms with Gasteiger partial charge in [0, 0.05) is 13.1 Å². The number of rotatable bonds is 2. The molecule has 1 aromatic carbocycles. The van der Waals surface area contributed by atoms with E-state index in [9.17, 15) is 0 Å². The average molecular weight is 174 g/mol. The number of hydrogen-bond acceptors (Lipinski definition) is 1. The molecule has 0 aliphatic carbocycles. The van der Waals surface area contributed by atoms with Crippen LogP contribution in [0, 0.1) is 6.54 Å². The van der Waals surface area contributed by atoms with Gasteiger partial charge in [-0.05, 0) is 24.9 Å². The third kappa shape index (κ3) is 2.56. The zero-order chi connectivity index (χ0) is 8.93. The minimum absolute atomic E-state index is 1.08. The molecule has 1 aromatic rings. The SMILES string of the molecule is [CH]1CCCCN1Cc1ccccc1. The summed E-state index contributed by atoms with van der Waals surface area (Å²) in [6, 6.07) is 10.7. The predicted molar refractivity (Wildman–Crippen MR) is 55.0 cm³/mol. The van der Waals surface area contributed by atoms with E-state index in [0.717, 1.165) is 6.54 Å². The second-order valence-corrected chi connectivity index (χ2v) is 3.63. The minimum atomic E-state index is 1.08. The van der Waals surface area contributed by atoms with Gasteiger partial charge < -0.3 is 0 Å². The van der Waals surface area contributed by atoms with Gasteiger partial charge >= 0.3 is 0 Å². The maximum atomic E-state index is 2.43. The van der Waals surface area contributed by atoms with Crippen LogP contribution in [0.4, 0.5) is 0 Å². The molecule has 0 saturated carbocycles. The molecule has 0 amide bonds. The van der Waals surface area contributed by atoms with Crippen LogP contribution in [0.2, 0.25) is 0 Å². The van der Waals surface area contributed by atoms with E-state index < -0.39 is 0 Å². The van der Waals surface area contributed by atoms with E-state index in [0.29, 0.717) is 0 Å². The lowest BCUT2D eigenvalue weighted by atomic mass is 10.1. The van der Waals surface area contributed by atoms with Crippen LogP contribution in [0.25, 0.3) is 0 Å². The summed E-state index contributed by atoms with van der Waals surface area (Å²) < 4.78 is 0. The monoisotopic (exact) mass is 174 g/mol. The molecule has 2 rings (SSSR count). The van der Waals surface area contributed by atoms with Crippen molar-refractivity contribution in [3.8, 4) is 0 Å². The molecule has 1 nitrogen and oxygen atoms in total. The van der Waals surface area contributed by atoms with Crippen LogP contribution >= 0.6 is 0 Å². The number of likely N-dealkylation sites (tertiary alicyclic amines) is 1. The Hall–Kier alpha value is -0.820. The van der Waals surface area contributed by atoms with Crippen molar-refractivity contribution in [2.45, 2.75) is 25.8 Å². The molecular weight excluding hydrogens is 158 g/mol. The van der Waals surface area contributed by atoms with Crippen LogP contribution in [0.1, 0.15) is 24.8 Å². The summed E-state index contributed by atoms with van der Waals surface area (Å²) in [6.07, 6.45) is 3.97. The fourth-order valence-electron chi connectivity index (χ4n) is 1.79. The van der Waals surface area contributed by atoms with Gasteiger partial charge in [-0.2, -0.15) is 0 Å². The highest BCUT2D eigenvalue weighted by Crippen LogP contribution is 2.15. The molecule has 0 aromatic heterocycles. The zero-order valence-corrected chi connectivity index (χ0v) is 7.95. The number of hydrogen-bond donors (Lipinski definition) is 0. The van der Waals surface area contributed by atoms with Crippen LogP contribution in [0.5, 0.6) is 0 Å². The second-order valence-electron chi connectivity index (χ2n) is 3.63. The predicted octanol–water partition coefficient (Wildman–Crippen LogP) is 2.83. The topological polar surface area (TPSA) is 3.24 Å². The first-order chi connectivity index (χ1) is 6.45. The van der Waals surface area contributed by atoms with Crippen LogP contribution in [-0.4, -0.2) is 11.4 Å². The molecule has 1 heteroatoms. The fourth-order valence-corrected chi connectivity index (χ4v) is 1.79. The molecule has 1 fully saturated rings. The molecule has 1 radical (unpaired) electrons. The molecule has 13 heavy (non-hydrogen) atoms.